The standard InChI is InChI=1S/C19H23F3N2O/c1-14(17-6-2-3-7-18(17)19(20,21)22)23-15-8-10-24(11-9-15)13-16-5-4-12-25-16/h2-7,12,14-15,23H,8-11,13H2,1H3. The van der Waals surface area contributed by atoms with Crippen molar-refractivity contribution in [2.24, 2.45) is 0 Å². The fourth-order valence-electron chi connectivity index (χ4n) is 3.46. The maximum Gasteiger partial charge on any atom is 0.416 e. The van der Waals surface area contributed by atoms with E-state index < -0.39 is 11.7 Å². The summed E-state index contributed by atoms with van der Waals surface area (Å²) in [6.07, 6.45) is -0.819. The van der Waals surface area contributed by atoms with E-state index in [4.69, 9.17) is 4.42 Å². The van der Waals surface area contributed by atoms with E-state index in [-0.39, 0.29) is 12.1 Å². The molecule has 0 radical (unpaired) electrons. The van der Waals surface area contributed by atoms with E-state index in [1.807, 2.05) is 12.1 Å². The first-order valence-corrected chi connectivity index (χ1v) is 8.60. The van der Waals surface area contributed by atoms with Gasteiger partial charge in [0, 0.05) is 25.2 Å². The van der Waals surface area contributed by atoms with Gasteiger partial charge in [-0.05, 0) is 43.5 Å². The van der Waals surface area contributed by atoms with Crippen LogP contribution in [0.2, 0.25) is 0 Å². The highest BCUT2D eigenvalue weighted by atomic mass is 19.4. The second-order valence-electron chi connectivity index (χ2n) is 6.60. The van der Waals surface area contributed by atoms with Crippen LogP contribution in [0.25, 0.3) is 0 Å². The number of likely N-dealkylation sites (tertiary alicyclic amines) is 1. The van der Waals surface area contributed by atoms with E-state index in [0.717, 1.165) is 44.3 Å². The first-order valence-electron chi connectivity index (χ1n) is 8.60. The first kappa shape index (κ1) is 18.0. The predicted octanol–water partition coefficient (Wildman–Crippen LogP) is 4.61. The topological polar surface area (TPSA) is 28.4 Å². The summed E-state index contributed by atoms with van der Waals surface area (Å²) >= 11 is 0. The molecule has 0 aliphatic carbocycles. The molecule has 1 aliphatic heterocycles. The van der Waals surface area contributed by atoms with E-state index in [2.05, 4.69) is 10.2 Å². The van der Waals surface area contributed by atoms with Crippen molar-refractivity contribution in [1.29, 1.82) is 0 Å². The Balaban J connectivity index is 1.55. The molecule has 1 N–H and O–H groups in total. The van der Waals surface area contributed by atoms with Crippen molar-refractivity contribution < 1.29 is 17.6 Å². The molecule has 1 fully saturated rings. The van der Waals surface area contributed by atoms with Crippen molar-refractivity contribution in [1.82, 2.24) is 10.2 Å². The quantitative estimate of drug-likeness (QED) is 0.852. The van der Waals surface area contributed by atoms with Crippen LogP contribution in [0.3, 0.4) is 0 Å². The number of nitrogens with zero attached hydrogens (tertiary/aromatic N) is 1. The number of piperidine rings is 1. The molecule has 3 nitrogen and oxygen atoms in total. The van der Waals surface area contributed by atoms with Crippen molar-refractivity contribution in [2.75, 3.05) is 13.1 Å². The minimum Gasteiger partial charge on any atom is -0.468 e. The zero-order valence-electron chi connectivity index (χ0n) is 14.2. The van der Waals surface area contributed by atoms with Gasteiger partial charge in [-0.15, -0.1) is 0 Å². The average molecular weight is 352 g/mol. The number of rotatable bonds is 5. The summed E-state index contributed by atoms with van der Waals surface area (Å²) in [6, 6.07) is 9.54. The molecule has 1 aromatic heterocycles. The van der Waals surface area contributed by atoms with Gasteiger partial charge in [-0.1, -0.05) is 18.2 Å². The van der Waals surface area contributed by atoms with Crippen molar-refractivity contribution in [3.63, 3.8) is 0 Å². The van der Waals surface area contributed by atoms with Crippen LogP contribution in [-0.4, -0.2) is 24.0 Å². The Morgan fingerprint density at radius 1 is 1.16 bits per heavy atom. The molecular formula is C19H23F3N2O. The highest BCUT2D eigenvalue weighted by Gasteiger charge is 2.34. The van der Waals surface area contributed by atoms with Gasteiger partial charge in [0.2, 0.25) is 0 Å². The van der Waals surface area contributed by atoms with Crippen LogP contribution in [0, 0.1) is 0 Å². The minimum absolute atomic E-state index is 0.226. The minimum atomic E-state index is -4.32. The monoisotopic (exact) mass is 352 g/mol. The van der Waals surface area contributed by atoms with E-state index >= 15 is 0 Å². The SMILES string of the molecule is CC(NC1CCN(Cc2ccco2)CC1)c1ccccc1C(F)(F)F. The van der Waals surface area contributed by atoms with Gasteiger partial charge < -0.3 is 9.73 Å². The molecule has 6 heteroatoms. The Morgan fingerprint density at radius 2 is 1.88 bits per heavy atom. The molecule has 1 atom stereocenters. The second-order valence-corrected chi connectivity index (χ2v) is 6.60. The van der Waals surface area contributed by atoms with Crippen LogP contribution >= 0.6 is 0 Å². The summed E-state index contributed by atoms with van der Waals surface area (Å²) < 4.78 is 44.9. The molecule has 0 spiro atoms. The molecule has 1 aliphatic rings. The molecule has 25 heavy (non-hydrogen) atoms. The van der Waals surface area contributed by atoms with Crippen molar-refractivity contribution >= 4 is 0 Å². The van der Waals surface area contributed by atoms with Crippen molar-refractivity contribution in [3.05, 3.63) is 59.5 Å². The first-order chi connectivity index (χ1) is 11.9. The van der Waals surface area contributed by atoms with Gasteiger partial charge in [-0.3, -0.25) is 4.90 Å². The zero-order chi connectivity index (χ0) is 17.9. The molecular weight excluding hydrogens is 329 g/mol. The lowest BCUT2D eigenvalue weighted by atomic mass is 9.98. The number of furan rings is 1. The maximum atomic E-state index is 13.2. The third kappa shape index (κ3) is 4.64. The van der Waals surface area contributed by atoms with Gasteiger partial charge in [0.15, 0.2) is 0 Å². The van der Waals surface area contributed by atoms with Gasteiger partial charge in [-0.2, -0.15) is 13.2 Å². The molecule has 3 rings (SSSR count). The maximum absolute atomic E-state index is 13.2. The summed E-state index contributed by atoms with van der Waals surface area (Å²) in [5.41, 5.74) is -0.238. The van der Waals surface area contributed by atoms with E-state index in [9.17, 15) is 13.2 Å². The third-order valence-corrected chi connectivity index (χ3v) is 4.77. The predicted molar refractivity (Wildman–Crippen MR) is 90.0 cm³/mol. The van der Waals surface area contributed by atoms with Crippen LogP contribution in [0.15, 0.2) is 47.1 Å². The molecule has 2 heterocycles. The van der Waals surface area contributed by atoms with Gasteiger partial charge in [0.05, 0.1) is 18.4 Å². The highest BCUT2D eigenvalue weighted by Crippen LogP contribution is 2.34. The number of nitrogens with one attached hydrogen (secondary N) is 1. The van der Waals surface area contributed by atoms with Gasteiger partial charge >= 0.3 is 6.18 Å². The van der Waals surface area contributed by atoms with Crippen molar-refractivity contribution in [3.8, 4) is 0 Å². The summed E-state index contributed by atoms with van der Waals surface area (Å²) in [6.45, 7) is 4.41. The van der Waals surface area contributed by atoms with Gasteiger partial charge in [0.25, 0.3) is 0 Å². The van der Waals surface area contributed by atoms with Gasteiger partial charge in [-0.25, -0.2) is 0 Å². The number of hydrogen-bond acceptors (Lipinski definition) is 3. The lowest BCUT2D eigenvalue weighted by Crippen LogP contribution is -2.43. The fourth-order valence-corrected chi connectivity index (χ4v) is 3.46. The van der Waals surface area contributed by atoms with Crippen molar-refractivity contribution in [2.45, 2.75) is 44.6 Å². The number of alkyl halides is 3. The molecule has 2 aromatic rings. The number of hydrogen-bond donors (Lipinski definition) is 1. The second kappa shape index (κ2) is 7.62. The molecule has 0 bridgehead atoms. The highest BCUT2D eigenvalue weighted by molar-refractivity contribution is 5.32. The zero-order valence-corrected chi connectivity index (χ0v) is 14.2. The Bertz CT molecular complexity index is 662. The van der Waals surface area contributed by atoms with Gasteiger partial charge in [0.1, 0.15) is 5.76 Å². The largest absolute Gasteiger partial charge is 0.468 e. The van der Waals surface area contributed by atoms with E-state index in [1.54, 1.807) is 25.3 Å². The summed E-state index contributed by atoms with van der Waals surface area (Å²) in [5.74, 6) is 0.943. The van der Waals surface area contributed by atoms with Crippen LogP contribution in [-0.2, 0) is 12.7 Å². The molecule has 0 saturated carbocycles. The normalized spacial score (nSPS) is 18.4. The summed E-state index contributed by atoms with van der Waals surface area (Å²) in [7, 11) is 0. The molecule has 1 aromatic carbocycles. The average Bonchev–Trinajstić information content (AvgIpc) is 3.09. The van der Waals surface area contributed by atoms with Crippen LogP contribution in [0.1, 0.15) is 42.7 Å². The van der Waals surface area contributed by atoms with E-state index in [0.29, 0.717) is 5.56 Å². The molecule has 1 saturated heterocycles. The number of halogens is 3. The Labute approximate surface area is 145 Å². The summed E-state index contributed by atoms with van der Waals surface area (Å²) in [4.78, 5) is 2.31. The smallest absolute Gasteiger partial charge is 0.416 e. The Hall–Kier alpha value is -1.79. The lowest BCUT2D eigenvalue weighted by Gasteiger charge is -2.34. The molecule has 0 amide bonds. The summed E-state index contributed by atoms with van der Waals surface area (Å²) in [5, 5.41) is 3.38. The van der Waals surface area contributed by atoms with E-state index in [1.165, 1.54) is 6.07 Å². The molecule has 1 unspecified atom stereocenters. The van der Waals surface area contributed by atoms with Crippen LogP contribution in [0.5, 0.6) is 0 Å². The fraction of sp³-hybridized carbons (Fsp3) is 0.474. The Kier molecular flexibility index (Phi) is 5.49. The lowest BCUT2D eigenvalue weighted by molar-refractivity contribution is -0.138. The van der Waals surface area contributed by atoms with Crippen LogP contribution in [0.4, 0.5) is 13.2 Å². The Morgan fingerprint density at radius 3 is 2.52 bits per heavy atom. The number of benzene rings is 1. The molecule has 136 valence electrons. The van der Waals surface area contributed by atoms with Crippen LogP contribution < -0.4 is 5.32 Å². The third-order valence-electron chi connectivity index (χ3n) is 4.77.